The highest BCUT2D eigenvalue weighted by Crippen LogP contribution is 2.24. The average molecular weight is 991 g/mol. The van der Waals surface area contributed by atoms with E-state index >= 15 is 0 Å². The molecule has 0 aliphatic carbocycles. The summed E-state index contributed by atoms with van der Waals surface area (Å²) in [4.78, 5) is 50.0. The Bertz CT molecular complexity index is 2600. The minimum absolute atomic E-state index is 0.0474. The van der Waals surface area contributed by atoms with Crippen LogP contribution in [0.4, 0.5) is 53.3 Å². The number of amides is 8. The molecule has 6 aromatic carbocycles. The van der Waals surface area contributed by atoms with Crippen LogP contribution in [0.5, 0.6) is 0 Å². The summed E-state index contributed by atoms with van der Waals surface area (Å²) >= 11 is 6.63. The summed E-state index contributed by atoms with van der Waals surface area (Å²) in [6.07, 6.45) is 0.445. The number of benzene rings is 6. The van der Waals surface area contributed by atoms with Crippen molar-refractivity contribution in [1.29, 1.82) is 0 Å². The van der Waals surface area contributed by atoms with Crippen LogP contribution in [0.15, 0.2) is 164 Å². The molecule has 6 aromatic rings. The van der Waals surface area contributed by atoms with Gasteiger partial charge in [0.1, 0.15) is 9.79 Å². The highest BCUT2D eigenvalue weighted by molar-refractivity contribution is 9.10. The molecule has 8 amide bonds. The van der Waals surface area contributed by atoms with Gasteiger partial charge >= 0.3 is 24.1 Å². The summed E-state index contributed by atoms with van der Waals surface area (Å²) < 4.78 is 58.2. The van der Waals surface area contributed by atoms with E-state index in [-0.39, 0.29) is 21.2 Å². The molecule has 0 heterocycles. The largest absolute Gasteiger partial charge is 0.333 e. The first-order chi connectivity index (χ1) is 29.1. The zero-order chi connectivity index (χ0) is 43.6. The van der Waals surface area contributed by atoms with Gasteiger partial charge in [0, 0.05) is 31.7 Å². The Labute approximate surface area is 367 Å². The molecule has 8 N–H and O–H groups in total. The third-order valence-corrected chi connectivity index (χ3v) is 12.2. The van der Waals surface area contributed by atoms with Crippen molar-refractivity contribution >= 4 is 110 Å². The molecular formula is C41H34Br2N8O8S2. The summed E-state index contributed by atoms with van der Waals surface area (Å²) in [5.74, 6) is 0. The number of nitrogens with one attached hydrogen (secondary N) is 8. The van der Waals surface area contributed by atoms with Crippen LogP contribution < -0.4 is 41.3 Å². The fourth-order valence-corrected chi connectivity index (χ4v) is 8.23. The molecule has 0 aromatic heterocycles. The van der Waals surface area contributed by atoms with Gasteiger partial charge in [-0.3, -0.25) is 0 Å². The van der Waals surface area contributed by atoms with Crippen LogP contribution >= 0.6 is 31.9 Å². The monoisotopic (exact) mass is 988 g/mol. The molecule has 0 spiro atoms. The van der Waals surface area contributed by atoms with E-state index in [0.29, 0.717) is 29.2 Å². The van der Waals surface area contributed by atoms with E-state index in [0.717, 1.165) is 20.1 Å². The second kappa shape index (κ2) is 19.5. The lowest BCUT2D eigenvalue weighted by molar-refractivity contribution is 0.255. The second-order valence-electron chi connectivity index (χ2n) is 12.9. The number of hydrogen-bond donors (Lipinski definition) is 8. The molecule has 0 radical (unpaired) electrons. The number of rotatable bonds is 12. The van der Waals surface area contributed by atoms with Gasteiger partial charge in [-0.2, -0.15) is 0 Å². The molecule has 0 saturated carbocycles. The maximum absolute atomic E-state index is 13.2. The van der Waals surface area contributed by atoms with Crippen molar-refractivity contribution < 1.29 is 36.0 Å². The van der Waals surface area contributed by atoms with E-state index in [9.17, 15) is 36.0 Å². The molecule has 0 atom stereocenters. The zero-order valence-electron chi connectivity index (χ0n) is 31.4. The van der Waals surface area contributed by atoms with Gasteiger partial charge < -0.3 is 31.9 Å². The maximum Gasteiger partial charge on any atom is 0.333 e. The van der Waals surface area contributed by atoms with Crippen LogP contribution in [0.25, 0.3) is 0 Å². The number of carbonyl (C=O) groups excluding carboxylic acids is 4. The smallest absolute Gasteiger partial charge is 0.308 e. The molecule has 0 fully saturated rings. The summed E-state index contributed by atoms with van der Waals surface area (Å²) in [5, 5.41) is 15.2. The first-order valence-corrected chi connectivity index (χ1v) is 22.4. The van der Waals surface area contributed by atoms with Gasteiger partial charge in [0.15, 0.2) is 0 Å². The lowest BCUT2D eigenvalue weighted by Crippen LogP contribution is -2.35. The van der Waals surface area contributed by atoms with Gasteiger partial charge in [-0.1, -0.05) is 80.4 Å². The van der Waals surface area contributed by atoms with Gasteiger partial charge in [0.2, 0.25) is 0 Å². The second-order valence-corrected chi connectivity index (χ2v) is 18.0. The molecule has 0 bridgehead atoms. The summed E-state index contributed by atoms with van der Waals surface area (Å²) in [7, 11) is -8.84. The van der Waals surface area contributed by atoms with Crippen LogP contribution in [0.1, 0.15) is 11.1 Å². The Hall–Kier alpha value is -6.74. The molecule has 0 aliphatic rings. The average Bonchev–Trinajstić information content (AvgIpc) is 3.21. The fraction of sp³-hybridized carbons (Fsp3) is 0.0244. The van der Waals surface area contributed by atoms with Crippen LogP contribution in [0, 0.1) is 0 Å². The highest BCUT2D eigenvalue weighted by Gasteiger charge is 2.24. The predicted octanol–water partition coefficient (Wildman–Crippen LogP) is 9.11. The van der Waals surface area contributed by atoms with E-state index in [1.54, 1.807) is 97.1 Å². The summed E-state index contributed by atoms with van der Waals surface area (Å²) in [6.45, 7) is 0. The van der Waals surface area contributed by atoms with Crippen molar-refractivity contribution in [3.8, 4) is 0 Å². The Kier molecular flexibility index (Phi) is 14.0. The molecule has 0 aliphatic heterocycles. The van der Waals surface area contributed by atoms with Crippen molar-refractivity contribution in [2.75, 3.05) is 31.9 Å². The van der Waals surface area contributed by atoms with Crippen LogP contribution in [-0.2, 0) is 26.5 Å². The van der Waals surface area contributed by atoms with E-state index in [1.807, 2.05) is 9.44 Å². The van der Waals surface area contributed by atoms with Crippen molar-refractivity contribution in [1.82, 2.24) is 9.44 Å². The van der Waals surface area contributed by atoms with Gasteiger partial charge in [-0.25, -0.2) is 45.5 Å². The third-order valence-electron chi connectivity index (χ3n) is 8.34. The van der Waals surface area contributed by atoms with E-state index in [4.69, 9.17) is 0 Å². The van der Waals surface area contributed by atoms with E-state index in [2.05, 4.69) is 63.8 Å². The lowest BCUT2D eigenvalue weighted by atomic mass is 10.0. The predicted molar refractivity (Wildman–Crippen MR) is 241 cm³/mol. The maximum atomic E-state index is 13.2. The first kappa shape index (κ1) is 43.8. The third kappa shape index (κ3) is 12.6. The number of para-hydroxylation sites is 2. The number of halogens is 2. The molecule has 0 unspecified atom stereocenters. The molecule has 0 saturated heterocycles. The Morgan fingerprint density at radius 2 is 0.672 bits per heavy atom. The lowest BCUT2D eigenvalue weighted by Gasteiger charge is -2.14. The zero-order valence-corrected chi connectivity index (χ0v) is 36.2. The Morgan fingerprint density at radius 3 is 1.02 bits per heavy atom. The minimum Gasteiger partial charge on any atom is -0.308 e. The van der Waals surface area contributed by atoms with Gasteiger partial charge in [-0.05, 0) is 115 Å². The molecule has 16 nitrogen and oxygen atoms in total. The van der Waals surface area contributed by atoms with Crippen molar-refractivity contribution in [2.24, 2.45) is 0 Å². The SMILES string of the molecule is O=C(Nc1ccc(Br)cc1)Nc1ccccc1S(=O)(=O)NC(=O)Nc1ccc(Cc2ccc(NC(=O)NS(=O)(=O)c3ccccc3NC(=O)Nc3ccc(Br)cc3)cc2)cc1. The van der Waals surface area contributed by atoms with Crippen molar-refractivity contribution in [2.45, 2.75) is 16.2 Å². The van der Waals surface area contributed by atoms with E-state index < -0.39 is 44.2 Å². The van der Waals surface area contributed by atoms with Gasteiger partial charge in [-0.15, -0.1) is 0 Å². The van der Waals surface area contributed by atoms with Crippen LogP contribution in [0.3, 0.4) is 0 Å². The summed E-state index contributed by atoms with van der Waals surface area (Å²) in [5.41, 5.74) is 3.14. The van der Waals surface area contributed by atoms with Gasteiger partial charge in [0.25, 0.3) is 20.0 Å². The standard InChI is InChI=1S/C41H34Br2N8O8S2/c42-28-13-21-32(22-14-28)44-38(52)48-34-5-1-3-7-36(34)60(56,57)50-40(54)46-30-17-9-26(10-18-30)25-27-11-19-31(20-12-27)47-41(55)51-61(58,59)37-8-4-2-6-35(37)49-39(53)45-33-23-15-29(43)16-24-33/h1-24H,25H2,(H2,44,48,52)(H2,45,49,53)(H2,46,50,54)(H2,47,51,55). The van der Waals surface area contributed by atoms with E-state index in [1.165, 1.54) is 48.5 Å². The number of sulfonamides is 2. The number of anilines is 6. The Morgan fingerprint density at radius 1 is 0.377 bits per heavy atom. The number of carbonyl (C=O) groups is 4. The molecule has 20 heteroatoms. The van der Waals surface area contributed by atoms with Crippen molar-refractivity contribution in [3.05, 3.63) is 166 Å². The first-order valence-electron chi connectivity index (χ1n) is 17.8. The normalized spacial score (nSPS) is 11.0. The molecular weight excluding hydrogens is 956 g/mol. The summed E-state index contributed by atoms with van der Waals surface area (Å²) in [6, 6.07) is 34.7. The molecule has 6 rings (SSSR count). The van der Waals surface area contributed by atoms with Crippen molar-refractivity contribution in [3.63, 3.8) is 0 Å². The topological polar surface area (TPSA) is 233 Å². The van der Waals surface area contributed by atoms with Gasteiger partial charge in [0.05, 0.1) is 11.4 Å². The number of urea groups is 4. The van der Waals surface area contributed by atoms with Crippen LogP contribution in [0.2, 0.25) is 0 Å². The molecule has 312 valence electrons. The Balaban J connectivity index is 0.986. The minimum atomic E-state index is -4.42. The fourth-order valence-electron chi connectivity index (χ4n) is 5.56. The quantitative estimate of drug-likeness (QED) is 0.0588. The number of hydrogen-bond acceptors (Lipinski definition) is 8. The highest BCUT2D eigenvalue weighted by atomic mass is 79.9. The molecule has 61 heavy (non-hydrogen) atoms. The van der Waals surface area contributed by atoms with Crippen LogP contribution in [-0.4, -0.2) is 41.0 Å².